The number of hydrogen-bond acceptors (Lipinski definition) is 5. The maximum absolute atomic E-state index is 9.13. The number of aliphatic hydroxyl groups is 1. The Morgan fingerprint density at radius 1 is 0.742 bits per heavy atom. The molecule has 4 rings (SSSR count). The predicted molar refractivity (Wildman–Crippen MR) is 127 cm³/mol. The normalized spacial score (nSPS) is 22.1. The largest absolute Gasteiger partial charge is 0.395 e. The molecule has 2 heterocycles. The van der Waals surface area contributed by atoms with Gasteiger partial charge in [0.05, 0.1) is 6.61 Å². The molecule has 2 aliphatic rings. The third-order valence-corrected chi connectivity index (χ3v) is 6.92. The van der Waals surface area contributed by atoms with E-state index in [-0.39, 0.29) is 6.61 Å². The van der Waals surface area contributed by atoms with Gasteiger partial charge in [0, 0.05) is 83.1 Å². The Balaban J connectivity index is 1.34. The highest BCUT2D eigenvalue weighted by molar-refractivity contribution is 6.30. The van der Waals surface area contributed by atoms with Crippen LogP contribution in [0.15, 0.2) is 54.6 Å². The van der Waals surface area contributed by atoms with E-state index >= 15 is 0 Å². The van der Waals surface area contributed by atoms with E-state index in [9.17, 15) is 0 Å². The van der Waals surface area contributed by atoms with E-state index in [1.807, 2.05) is 12.1 Å². The molecule has 6 heteroatoms. The van der Waals surface area contributed by atoms with E-state index in [0.29, 0.717) is 6.04 Å². The minimum atomic E-state index is 0.265. The van der Waals surface area contributed by atoms with Crippen molar-refractivity contribution in [3.63, 3.8) is 0 Å². The van der Waals surface area contributed by atoms with Gasteiger partial charge in [-0.25, -0.2) is 0 Å². The standard InChI is InChI=1S/C25H35ClN4O/c26-24-8-6-22(7-9-24)20-30-17-16-29(21-25(30)23-4-2-1-3-5-23)15-14-27-10-12-28(13-11-27)18-19-31/h1-9,25,31H,10-21H2. The van der Waals surface area contributed by atoms with Gasteiger partial charge in [-0.2, -0.15) is 0 Å². The molecule has 31 heavy (non-hydrogen) atoms. The fourth-order valence-electron chi connectivity index (χ4n) is 4.75. The third-order valence-electron chi connectivity index (χ3n) is 6.67. The zero-order valence-electron chi connectivity index (χ0n) is 18.4. The molecule has 2 aliphatic heterocycles. The van der Waals surface area contributed by atoms with Crippen molar-refractivity contribution in [2.45, 2.75) is 12.6 Å². The first kappa shape index (κ1) is 22.7. The summed E-state index contributed by atoms with van der Waals surface area (Å²) in [6.07, 6.45) is 0. The van der Waals surface area contributed by atoms with E-state index in [1.54, 1.807) is 0 Å². The zero-order valence-corrected chi connectivity index (χ0v) is 19.1. The second-order valence-electron chi connectivity index (χ2n) is 8.73. The number of benzene rings is 2. The van der Waals surface area contributed by atoms with Crippen LogP contribution in [0.25, 0.3) is 0 Å². The van der Waals surface area contributed by atoms with Gasteiger partial charge in [0.25, 0.3) is 0 Å². The van der Waals surface area contributed by atoms with Crippen molar-refractivity contribution in [2.75, 3.05) is 72.1 Å². The van der Waals surface area contributed by atoms with Crippen LogP contribution in [0.1, 0.15) is 17.2 Å². The van der Waals surface area contributed by atoms with E-state index in [0.717, 1.165) is 77.0 Å². The maximum atomic E-state index is 9.13. The van der Waals surface area contributed by atoms with E-state index in [2.05, 4.69) is 62.1 Å². The molecule has 0 aliphatic carbocycles. The molecule has 0 bridgehead atoms. The Labute approximate surface area is 191 Å². The van der Waals surface area contributed by atoms with Crippen LogP contribution in [0.3, 0.4) is 0 Å². The van der Waals surface area contributed by atoms with Gasteiger partial charge in [-0.15, -0.1) is 0 Å². The first-order chi connectivity index (χ1) is 15.2. The summed E-state index contributed by atoms with van der Waals surface area (Å²) in [4.78, 5) is 10.2. The Morgan fingerprint density at radius 2 is 1.35 bits per heavy atom. The molecule has 2 aromatic rings. The Hall–Kier alpha value is -1.47. The van der Waals surface area contributed by atoms with Gasteiger partial charge in [0.1, 0.15) is 0 Å². The van der Waals surface area contributed by atoms with E-state index in [1.165, 1.54) is 11.1 Å². The number of rotatable bonds is 8. The number of piperazine rings is 2. The molecule has 0 amide bonds. The van der Waals surface area contributed by atoms with Crippen molar-refractivity contribution in [1.82, 2.24) is 19.6 Å². The van der Waals surface area contributed by atoms with Crippen molar-refractivity contribution in [1.29, 1.82) is 0 Å². The lowest BCUT2D eigenvalue weighted by Gasteiger charge is -2.43. The van der Waals surface area contributed by atoms with E-state index < -0.39 is 0 Å². The summed E-state index contributed by atoms with van der Waals surface area (Å²) < 4.78 is 0. The monoisotopic (exact) mass is 442 g/mol. The fraction of sp³-hybridized carbons (Fsp3) is 0.520. The van der Waals surface area contributed by atoms with E-state index in [4.69, 9.17) is 16.7 Å². The van der Waals surface area contributed by atoms with Crippen molar-refractivity contribution in [3.05, 3.63) is 70.7 Å². The second-order valence-corrected chi connectivity index (χ2v) is 9.17. The van der Waals surface area contributed by atoms with Gasteiger partial charge < -0.3 is 5.11 Å². The van der Waals surface area contributed by atoms with Crippen LogP contribution in [0.4, 0.5) is 0 Å². The predicted octanol–water partition coefficient (Wildman–Crippen LogP) is 2.81. The first-order valence-electron chi connectivity index (χ1n) is 11.5. The maximum Gasteiger partial charge on any atom is 0.0558 e. The highest BCUT2D eigenvalue weighted by Crippen LogP contribution is 2.27. The summed E-state index contributed by atoms with van der Waals surface area (Å²) in [6.45, 7) is 11.9. The number of aliphatic hydroxyl groups excluding tert-OH is 1. The van der Waals surface area contributed by atoms with Gasteiger partial charge in [0.15, 0.2) is 0 Å². The quantitative estimate of drug-likeness (QED) is 0.679. The van der Waals surface area contributed by atoms with Gasteiger partial charge in [-0.1, -0.05) is 54.1 Å². The van der Waals surface area contributed by atoms with Crippen LogP contribution in [0, 0.1) is 0 Å². The molecule has 0 aromatic heterocycles. The lowest BCUT2D eigenvalue weighted by molar-refractivity contribution is 0.0532. The van der Waals surface area contributed by atoms with Gasteiger partial charge in [0.2, 0.25) is 0 Å². The summed E-state index contributed by atoms with van der Waals surface area (Å²) in [5.74, 6) is 0. The molecule has 2 fully saturated rings. The van der Waals surface area contributed by atoms with Crippen molar-refractivity contribution < 1.29 is 5.11 Å². The molecule has 0 saturated carbocycles. The average Bonchev–Trinajstić information content (AvgIpc) is 2.81. The SMILES string of the molecule is OCCN1CCN(CCN2CCN(Cc3ccc(Cl)cc3)C(c3ccccc3)C2)CC1. The molecule has 0 radical (unpaired) electrons. The van der Waals surface area contributed by atoms with Gasteiger partial charge in [-0.05, 0) is 23.3 Å². The summed E-state index contributed by atoms with van der Waals surface area (Å²) >= 11 is 6.08. The molecule has 5 nitrogen and oxygen atoms in total. The molecule has 0 spiro atoms. The van der Waals surface area contributed by atoms with Crippen LogP contribution in [0.5, 0.6) is 0 Å². The van der Waals surface area contributed by atoms with Crippen LogP contribution >= 0.6 is 11.6 Å². The van der Waals surface area contributed by atoms with Crippen LogP contribution in [-0.4, -0.2) is 96.8 Å². The molecule has 168 valence electrons. The van der Waals surface area contributed by atoms with Crippen molar-refractivity contribution in [2.24, 2.45) is 0 Å². The fourth-order valence-corrected chi connectivity index (χ4v) is 4.87. The first-order valence-corrected chi connectivity index (χ1v) is 11.9. The summed E-state index contributed by atoms with van der Waals surface area (Å²) in [5.41, 5.74) is 2.72. The molecular formula is C25H35ClN4O. The van der Waals surface area contributed by atoms with Gasteiger partial charge >= 0.3 is 0 Å². The molecule has 1 atom stereocenters. The Morgan fingerprint density at radius 3 is 2.03 bits per heavy atom. The number of hydrogen-bond donors (Lipinski definition) is 1. The summed E-state index contributed by atoms with van der Waals surface area (Å²) in [6, 6.07) is 19.6. The molecule has 2 aromatic carbocycles. The summed E-state index contributed by atoms with van der Waals surface area (Å²) in [5, 5.41) is 9.93. The van der Waals surface area contributed by atoms with Gasteiger partial charge in [-0.3, -0.25) is 19.6 Å². The number of halogens is 1. The minimum Gasteiger partial charge on any atom is -0.395 e. The van der Waals surface area contributed by atoms with Crippen LogP contribution in [0.2, 0.25) is 5.02 Å². The topological polar surface area (TPSA) is 33.2 Å². The molecule has 2 saturated heterocycles. The molecular weight excluding hydrogens is 408 g/mol. The Kier molecular flexibility index (Phi) is 8.36. The second kappa shape index (κ2) is 11.4. The summed E-state index contributed by atoms with van der Waals surface area (Å²) in [7, 11) is 0. The smallest absolute Gasteiger partial charge is 0.0558 e. The number of nitrogens with zero attached hydrogens (tertiary/aromatic N) is 4. The van der Waals surface area contributed by atoms with Crippen LogP contribution < -0.4 is 0 Å². The van der Waals surface area contributed by atoms with Crippen molar-refractivity contribution in [3.8, 4) is 0 Å². The highest BCUT2D eigenvalue weighted by atomic mass is 35.5. The molecule has 1 N–H and O–H groups in total. The lowest BCUT2D eigenvalue weighted by atomic mass is 10.0. The Bertz CT molecular complexity index is 780. The minimum absolute atomic E-state index is 0.265. The number of β-amino-alcohol motifs (C(OH)–C–C–N with tert-alkyl or cyclic N) is 1. The molecule has 1 unspecified atom stereocenters. The average molecular weight is 443 g/mol. The highest BCUT2D eigenvalue weighted by Gasteiger charge is 2.28. The zero-order chi connectivity index (χ0) is 21.5. The third kappa shape index (κ3) is 6.51. The van der Waals surface area contributed by atoms with Crippen molar-refractivity contribution >= 4 is 11.6 Å². The lowest BCUT2D eigenvalue weighted by Crippen LogP contribution is -2.52. The van der Waals surface area contributed by atoms with Crippen LogP contribution in [-0.2, 0) is 6.54 Å².